The van der Waals surface area contributed by atoms with E-state index in [9.17, 15) is 0 Å². The van der Waals surface area contributed by atoms with Gasteiger partial charge in [0.05, 0.1) is 24.8 Å². The summed E-state index contributed by atoms with van der Waals surface area (Å²) < 4.78 is 14.4. The fraction of sp³-hybridized carbons (Fsp3) is 0.533. The maximum atomic E-state index is 5.96. The summed E-state index contributed by atoms with van der Waals surface area (Å²) in [6.45, 7) is 0.838. The predicted molar refractivity (Wildman–Crippen MR) is 79.8 cm³/mol. The molecule has 1 aliphatic carbocycles. The number of nitrogens with zero attached hydrogens (tertiary/aromatic N) is 1. The molecule has 2 fully saturated rings. The maximum absolute atomic E-state index is 5.96. The summed E-state index contributed by atoms with van der Waals surface area (Å²) in [5.41, 5.74) is 2.11. The second-order valence-corrected chi connectivity index (χ2v) is 6.07. The lowest BCUT2D eigenvalue weighted by Crippen LogP contribution is -2.22. The molecule has 1 aliphatic heterocycles. The molecule has 20 heavy (non-hydrogen) atoms. The molecule has 106 valence electrons. The van der Waals surface area contributed by atoms with Crippen LogP contribution in [0.1, 0.15) is 25.3 Å². The molecule has 5 heteroatoms. The van der Waals surface area contributed by atoms with E-state index in [4.69, 9.17) is 21.7 Å². The van der Waals surface area contributed by atoms with E-state index in [1.165, 1.54) is 12.8 Å². The molecule has 4 rings (SSSR count). The van der Waals surface area contributed by atoms with Gasteiger partial charge in [0.15, 0.2) is 4.77 Å². The first-order valence-corrected chi connectivity index (χ1v) is 7.59. The molecule has 1 aromatic carbocycles. The number of fused-ring (bicyclic) bond motifs is 1. The number of methoxy groups -OCH3 is 1. The topological polar surface area (TPSA) is 39.2 Å². The Labute approximate surface area is 122 Å². The molecule has 2 unspecified atom stereocenters. The number of hydrogen-bond donors (Lipinski definition) is 1. The molecule has 0 radical (unpaired) electrons. The van der Waals surface area contributed by atoms with Gasteiger partial charge in [0.2, 0.25) is 0 Å². The van der Waals surface area contributed by atoms with Gasteiger partial charge in [-0.15, -0.1) is 0 Å². The van der Waals surface area contributed by atoms with Gasteiger partial charge in [-0.25, -0.2) is 0 Å². The zero-order chi connectivity index (χ0) is 13.7. The second kappa shape index (κ2) is 4.60. The third-order valence-electron chi connectivity index (χ3n) is 4.46. The highest BCUT2D eigenvalue weighted by Crippen LogP contribution is 2.44. The Hall–Kier alpha value is -1.33. The van der Waals surface area contributed by atoms with Crippen molar-refractivity contribution >= 4 is 23.3 Å². The van der Waals surface area contributed by atoms with E-state index in [-0.39, 0.29) is 0 Å². The highest BCUT2D eigenvalue weighted by atomic mass is 32.1. The molecular weight excluding hydrogens is 272 g/mol. The van der Waals surface area contributed by atoms with Gasteiger partial charge in [0, 0.05) is 6.61 Å². The van der Waals surface area contributed by atoms with Crippen LogP contribution in [-0.2, 0) is 4.74 Å². The summed E-state index contributed by atoms with van der Waals surface area (Å²) >= 11 is 5.55. The smallest absolute Gasteiger partial charge is 0.178 e. The predicted octanol–water partition coefficient (Wildman–Crippen LogP) is 3.45. The lowest BCUT2D eigenvalue weighted by molar-refractivity contribution is 0.0756. The molecule has 0 bridgehead atoms. The fourth-order valence-corrected chi connectivity index (χ4v) is 3.71. The van der Waals surface area contributed by atoms with Crippen LogP contribution in [0, 0.1) is 10.7 Å². The minimum absolute atomic E-state index is 0.326. The Morgan fingerprint density at radius 1 is 1.35 bits per heavy atom. The van der Waals surface area contributed by atoms with Gasteiger partial charge in [-0.3, -0.25) is 0 Å². The van der Waals surface area contributed by atoms with E-state index < -0.39 is 0 Å². The van der Waals surface area contributed by atoms with Gasteiger partial charge in [-0.2, -0.15) is 0 Å². The number of H-pyrrole nitrogens is 1. The maximum Gasteiger partial charge on any atom is 0.178 e. The average molecular weight is 290 g/mol. The summed E-state index contributed by atoms with van der Waals surface area (Å²) in [4.78, 5) is 3.30. The zero-order valence-electron chi connectivity index (χ0n) is 11.5. The highest BCUT2D eigenvalue weighted by Gasteiger charge is 2.42. The molecule has 1 aromatic heterocycles. The van der Waals surface area contributed by atoms with Crippen molar-refractivity contribution in [1.29, 1.82) is 0 Å². The van der Waals surface area contributed by atoms with E-state index in [0.717, 1.165) is 40.5 Å². The van der Waals surface area contributed by atoms with Crippen molar-refractivity contribution < 1.29 is 9.47 Å². The first-order chi connectivity index (χ1) is 9.79. The Bertz CT molecular complexity index is 701. The van der Waals surface area contributed by atoms with Crippen LogP contribution in [0.15, 0.2) is 18.2 Å². The number of ether oxygens (including phenoxy) is 2. The van der Waals surface area contributed by atoms with Crippen LogP contribution in [0.3, 0.4) is 0 Å². The van der Waals surface area contributed by atoms with Crippen molar-refractivity contribution in [3.63, 3.8) is 0 Å². The molecule has 1 saturated heterocycles. The molecule has 4 nitrogen and oxygen atoms in total. The van der Waals surface area contributed by atoms with Gasteiger partial charge < -0.3 is 19.0 Å². The van der Waals surface area contributed by atoms with Crippen LogP contribution in [0.4, 0.5) is 0 Å². The number of nitrogens with one attached hydrogen (secondary N) is 1. The third-order valence-corrected chi connectivity index (χ3v) is 4.75. The van der Waals surface area contributed by atoms with Crippen molar-refractivity contribution in [3.8, 4) is 5.75 Å². The van der Waals surface area contributed by atoms with Crippen molar-refractivity contribution in [2.45, 2.75) is 31.4 Å². The summed E-state index contributed by atoms with van der Waals surface area (Å²) in [6, 6.07) is 6.44. The van der Waals surface area contributed by atoms with Crippen molar-refractivity contribution in [1.82, 2.24) is 9.55 Å². The number of rotatable bonds is 3. The lowest BCUT2D eigenvalue weighted by atomic mass is 10.1. The Morgan fingerprint density at radius 2 is 2.20 bits per heavy atom. The van der Waals surface area contributed by atoms with Crippen LogP contribution in [0.5, 0.6) is 5.75 Å². The van der Waals surface area contributed by atoms with Crippen LogP contribution in [0.2, 0.25) is 0 Å². The first-order valence-electron chi connectivity index (χ1n) is 7.18. The molecule has 2 heterocycles. The van der Waals surface area contributed by atoms with E-state index in [2.05, 4.69) is 15.6 Å². The number of para-hydroxylation sites is 1. The SMILES string of the molecule is COc1cccc2c1[nH]c(=S)n2C1CCOC1C1CC1. The largest absolute Gasteiger partial charge is 0.494 e. The van der Waals surface area contributed by atoms with Gasteiger partial charge >= 0.3 is 0 Å². The number of aromatic nitrogens is 2. The van der Waals surface area contributed by atoms with Crippen molar-refractivity contribution in [2.24, 2.45) is 5.92 Å². The van der Waals surface area contributed by atoms with Crippen LogP contribution >= 0.6 is 12.2 Å². The Kier molecular flexibility index (Phi) is 2.86. The minimum Gasteiger partial charge on any atom is -0.494 e. The van der Waals surface area contributed by atoms with Gasteiger partial charge in [-0.05, 0) is 49.5 Å². The Morgan fingerprint density at radius 3 is 2.95 bits per heavy atom. The Balaban J connectivity index is 1.87. The minimum atomic E-state index is 0.326. The zero-order valence-corrected chi connectivity index (χ0v) is 12.3. The molecular formula is C15H18N2O2S. The van der Waals surface area contributed by atoms with E-state index in [1.54, 1.807) is 7.11 Å². The monoisotopic (exact) mass is 290 g/mol. The average Bonchev–Trinajstić information content (AvgIpc) is 3.09. The quantitative estimate of drug-likeness (QED) is 0.880. The summed E-state index contributed by atoms with van der Waals surface area (Å²) in [5.74, 6) is 1.56. The first kappa shape index (κ1) is 12.4. The second-order valence-electron chi connectivity index (χ2n) is 5.68. The number of aromatic amines is 1. The normalized spacial score (nSPS) is 26.2. The van der Waals surface area contributed by atoms with Crippen LogP contribution in [0.25, 0.3) is 11.0 Å². The third kappa shape index (κ3) is 1.80. The molecule has 2 aromatic rings. The van der Waals surface area contributed by atoms with Crippen LogP contribution in [-0.4, -0.2) is 29.4 Å². The van der Waals surface area contributed by atoms with E-state index >= 15 is 0 Å². The molecule has 0 amide bonds. The van der Waals surface area contributed by atoms with Crippen molar-refractivity contribution in [2.75, 3.05) is 13.7 Å². The molecule has 0 spiro atoms. The number of hydrogen-bond acceptors (Lipinski definition) is 3. The van der Waals surface area contributed by atoms with Crippen LogP contribution < -0.4 is 4.74 Å². The number of benzene rings is 1. The summed E-state index contributed by atoms with van der Waals surface area (Å²) in [5, 5.41) is 0. The lowest BCUT2D eigenvalue weighted by Gasteiger charge is -2.20. The van der Waals surface area contributed by atoms with Gasteiger partial charge in [0.1, 0.15) is 11.3 Å². The highest BCUT2D eigenvalue weighted by molar-refractivity contribution is 7.71. The van der Waals surface area contributed by atoms with E-state index in [1.807, 2.05) is 12.1 Å². The standard InChI is InChI=1S/C15H18N2O2S/c1-18-12-4-2-3-10-13(12)16-15(20)17(10)11-7-8-19-14(11)9-5-6-9/h2-4,9,11,14H,5-8H2,1H3,(H,16,20). The molecule has 2 atom stereocenters. The number of imidazole rings is 1. The van der Waals surface area contributed by atoms with E-state index in [0.29, 0.717) is 12.1 Å². The van der Waals surface area contributed by atoms with Gasteiger partial charge in [-0.1, -0.05) is 6.07 Å². The fourth-order valence-electron chi connectivity index (χ4n) is 3.37. The molecule has 2 aliphatic rings. The molecule has 1 N–H and O–H groups in total. The van der Waals surface area contributed by atoms with Crippen molar-refractivity contribution in [3.05, 3.63) is 23.0 Å². The van der Waals surface area contributed by atoms with Gasteiger partial charge in [0.25, 0.3) is 0 Å². The summed E-state index contributed by atoms with van der Waals surface area (Å²) in [6.07, 6.45) is 3.95. The molecule has 1 saturated carbocycles. The summed E-state index contributed by atoms with van der Waals surface area (Å²) in [7, 11) is 1.69.